The van der Waals surface area contributed by atoms with Gasteiger partial charge in [0, 0.05) is 47.1 Å². The number of rotatable bonds is 7. The summed E-state index contributed by atoms with van der Waals surface area (Å²) >= 11 is 0. The highest BCUT2D eigenvalue weighted by Crippen LogP contribution is 2.63. The van der Waals surface area contributed by atoms with Crippen LogP contribution in [0.15, 0.2) is 90.2 Å². The molecule has 1 fully saturated rings. The molecule has 292 valence electrons. The average Bonchev–Trinajstić information content (AvgIpc) is 3.79. The topological polar surface area (TPSA) is 133 Å². The molecule has 1 saturated carbocycles. The standard InChI is InChI=1S/C48H48N2O7/c1-27(51)56-26-38-35-14-15-36-44-31(20-32(52)22-42(44)55-3)25-48-19-18-30(24-48)33(13-12-28-8-5-4-6-9-28)34-16-17-43(49)50-39(34)11-7-10-29-21-40(53)41(54-2)23-37(29)46(38)57-47(35)45(36)48/h4-6,8-9,14-17,20-23,30,33,38,43,46,50,52-53H,10,12-13,18-19,24-26,49H2,1-3H3/t30-,33-,38+,43?,46-,48+/m1/s1. The van der Waals surface area contributed by atoms with E-state index >= 15 is 0 Å². The van der Waals surface area contributed by atoms with Gasteiger partial charge in [-0.25, -0.2) is 0 Å². The Bertz CT molecular complexity index is 2390. The summed E-state index contributed by atoms with van der Waals surface area (Å²) in [5.74, 6) is 8.59. The quantitative estimate of drug-likeness (QED) is 0.111. The number of methoxy groups -OCH3 is 2. The summed E-state index contributed by atoms with van der Waals surface area (Å²) in [5.41, 5.74) is 16.2. The number of benzene rings is 4. The molecule has 1 spiro atoms. The molecule has 0 saturated heterocycles. The lowest BCUT2D eigenvalue weighted by Gasteiger charge is -2.40. The number of nitrogens with two attached hydrogens (primary N) is 1. The molecule has 0 aromatic heterocycles. The highest BCUT2D eigenvalue weighted by atomic mass is 16.5. The minimum absolute atomic E-state index is 0.00485. The van der Waals surface area contributed by atoms with Gasteiger partial charge in [0.2, 0.25) is 0 Å². The van der Waals surface area contributed by atoms with E-state index in [2.05, 4.69) is 65.7 Å². The SMILES string of the molecule is COc1cc2c(cc1O)CC#CC1=C(C=CC(N)N1)[C@H](CCc1ccccc1)[C@@H]1CC[C@@]3(Cc4cc(O)cc(OC)c4-c4ccc5c(c43)O[C@H]2[C@H]5COC(C)=O)C1. The van der Waals surface area contributed by atoms with E-state index in [0.29, 0.717) is 30.3 Å². The van der Waals surface area contributed by atoms with Gasteiger partial charge in [0.05, 0.1) is 32.0 Å². The maximum Gasteiger partial charge on any atom is 0.302 e. The monoisotopic (exact) mass is 764 g/mol. The van der Waals surface area contributed by atoms with Crippen molar-refractivity contribution in [2.24, 2.45) is 17.6 Å². The number of hydrogen-bond acceptors (Lipinski definition) is 9. The number of aryl methyl sites for hydroxylation is 1. The Labute approximate surface area is 333 Å². The number of nitrogens with one attached hydrogen (secondary N) is 1. The summed E-state index contributed by atoms with van der Waals surface area (Å²) in [7, 11) is 3.17. The number of aromatic hydroxyl groups is 2. The van der Waals surface area contributed by atoms with Crippen LogP contribution >= 0.6 is 0 Å². The number of phenols is 2. The fourth-order valence-corrected chi connectivity index (χ4v) is 10.5. The zero-order valence-corrected chi connectivity index (χ0v) is 32.6. The second-order valence-corrected chi connectivity index (χ2v) is 16.2. The van der Waals surface area contributed by atoms with Crippen LogP contribution in [0.4, 0.5) is 0 Å². The molecular formula is C48H48N2O7. The van der Waals surface area contributed by atoms with Gasteiger partial charge in [0.1, 0.15) is 30.0 Å². The number of allylic oxidation sites excluding steroid dienone is 3. The van der Waals surface area contributed by atoms with Crippen molar-refractivity contribution in [3.8, 4) is 51.7 Å². The Morgan fingerprint density at radius 2 is 1.82 bits per heavy atom. The Hall–Kier alpha value is -5.85. The van der Waals surface area contributed by atoms with Gasteiger partial charge in [-0.3, -0.25) is 4.79 Å². The first-order valence-corrected chi connectivity index (χ1v) is 19.9. The van der Waals surface area contributed by atoms with Crippen molar-refractivity contribution in [1.29, 1.82) is 0 Å². The Morgan fingerprint density at radius 3 is 2.61 bits per heavy atom. The van der Waals surface area contributed by atoms with E-state index in [4.69, 9.17) is 24.7 Å². The van der Waals surface area contributed by atoms with Crippen LogP contribution in [-0.2, 0) is 34.2 Å². The predicted molar refractivity (Wildman–Crippen MR) is 217 cm³/mol. The molecule has 5 aliphatic rings. The molecule has 5 N–H and O–H groups in total. The lowest BCUT2D eigenvalue weighted by molar-refractivity contribution is -0.141. The van der Waals surface area contributed by atoms with E-state index < -0.39 is 6.10 Å². The van der Waals surface area contributed by atoms with Gasteiger partial charge in [-0.15, -0.1) is 0 Å². The Kier molecular flexibility index (Phi) is 9.41. The van der Waals surface area contributed by atoms with E-state index in [0.717, 1.165) is 82.5 Å². The lowest BCUT2D eigenvalue weighted by atomic mass is 9.64. The molecule has 9 nitrogen and oxygen atoms in total. The fraction of sp³-hybridized carbons (Fsp3) is 0.354. The molecule has 4 bridgehead atoms. The first kappa shape index (κ1) is 36.8. The zero-order valence-electron chi connectivity index (χ0n) is 32.6. The van der Waals surface area contributed by atoms with E-state index in [1.54, 1.807) is 19.2 Å². The van der Waals surface area contributed by atoms with Crippen LogP contribution in [0.3, 0.4) is 0 Å². The van der Waals surface area contributed by atoms with Crippen LogP contribution < -0.4 is 25.3 Å². The molecule has 1 unspecified atom stereocenters. The number of carbonyl (C=O) groups excluding carboxylic acids is 1. The summed E-state index contributed by atoms with van der Waals surface area (Å²) in [5, 5.41) is 25.6. The highest BCUT2D eigenvalue weighted by Gasteiger charge is 2.52. The van der Waals surface area contributed by atoms with Crippen LogP contribution in [0.5, 0.6) is 28.7 Å². The molecule has 57 heavy (non-hydrogen) atoms. The van der Waals surface area contributed by atoms with Gasteiger partial charge >= 0.3 is 5.97 Å². The fourth-order valence-electron chi connectivity index (χ4n) is 10.5. The molecule has 0 radical (unpaired) electrons. The van der Waals surface area contributed by atoms with Crippen molar-refractivity contribution < 1.29 is 34.0 Å². The minimum atomic E-state index is -0.572. The van der Waals surface area contributed by atoms with Crippen LogP contribution in [0.1, 0.15) is 78.0 Å². The lowest BCUT2D eigenvalue weighted by Crippen LogP contribution is -2.38. The number of phenolic OH excluding ortho intramolecular Hbond substituents is 2. The number of fused-ring (bicyclic) bond motifs is 6. The normalized spacial score (nSPS) is 24.9. The number of hydrogen-bond donors (Lipinski definition) is 4. The van der Waals surface area contributed by atoms with E-state index in [9.17, 15) is 15.0 Å². The second kappa shape index (κ2) is 14.6. The van der Waals surface area contributed by atoms with Crippen molar-refractivity contribution in [1.82, 2.24) is 5.32 Å². The van der Waals surface area contributed by atoms with Crippen molar-refractivity contribution in [3.05, 3.63) is 124 Å². The second-order valence-electron chi connectivity index (χ2n) is 16.2. The average molecular weight is 765 g/mol. The van der Waals surface area contributed by atoms with Crippen LogP contribution in [0, 0.1) is 23.7 Å². The van der Waals surface area contributed by atoms with Crippen molar-refractivity contribution in [3.63, 3.8) is 0 Å². The van der Waals surface area contributed by atoms with Crippen molar-refractivity contribution in [2.75, 3.05) is 20.8 Å². The summed E-state index contributed by atoms with van der Waals surface area (Å²) in [6.45, 7) is 1.53. The largest absolute Gasteiger partial charge is 0.508 e. The summed E-state index contributed by atoms with van der Waals surface area (Å²) in [4.78, 5) is 12.4. The first-order valence-electron chi connectivity index (χ1n) is 19.9. The third kappa shape index (κ3) is 6.46. The van der Waals surface area contributed by atoms with Gasteiger partial charge in [-0.05, 0) is 108 Å². The van der Waals surface area contributed by atoms with E-state index in [1.807, 2.05) is 18.2 Å². The minimum Gasteiger partial charge on any atom is -0.508 e. The molecule has 9 heteroatoms. The Morgan fingerprint density at radius 1 is 1.00 bits per heavy atom. The molecule has 4 aromatic carbocycles. The number of esters is 1. The van der Waals surface area contributed by atoms with Gasteiger partial charge in [0.15, 0.2) is 11.5 Å². The Balaban J connectivity index is 1.29. The van der Waals surface area contributed by atoms with Crippen LogP contribution in [0.2, 0.25) is 0 Å². The smallest absolute Gasteiger partial charge is 0.302 e. The summed E-state index contributed by atoms with van der Waals surface area (Å²) in [6, 6.07) is 22.0. The molecule has 3 heterocycles. The van der Waals surface area contributed by atoms with Gasteiger partial charge < -0.3 is 40.2 Å². The molecule has 4 aromatic rings. The van der Waals surface area contributed by atoms with E-state index in [1.165, 1.54) is 25.2 Å². The molecule has 6 atom stereocenters. The third-order valence-electron chi connectivity index (χ3n) is 12.9. The molecular weight excluding hydrogens is 717 g/mol. The highest BCUT2D eigenvalue weighted by molar-refractivity contribution is 5.84. The first-order chi connectivity index (χ1) is 27.7. The third-order valence-corrected chi connectivity index (χ3v) is 12.9. The number of dihydropyridines is 1. The van der Waals surface area contributed by atoms with Crippen molar-refractivity contribution >= 4 is 5.97 Å². The van der Waals surface area contributed by atoms with Gasteiger partial charge in [-0.2, -0.15) is 0 Å². The van der Waals surface area contributed by atoms with Crippen LogP contribution in [0.25, 0.3) is 11.1 Å². The maximum atomic E-state index is 12.4. The predicted octanol–water partition coefficient (Wildman–Crippen LogP) is 7.66. The van der Waals surface area contributed by atoms with E-state index in [-0.39, 0.29) is 47.5 Å². The van der Waals surface area contributed by atoms with Gasteiger partial charge in [0.25, 0.3) is 0 Å². The maximum absolute atomic E-state index is 12.4. The molecule has 2 aliphatic carbocycles. The van der Waals surface area contributed by atoms with Crippen LogP contribution in [-0.4, -0.2) is 43.2 Å². The summed E-state index contributed by atoms with van der Waals surface area (Å²) in [6.07, 6.45) is 8.90. The molecule has 0 amide bonds. The molecule has 3 aliphatic heterocycles. The van der Waals surface area contributed by atoms with Gasteiger partial charge in [-0.1, -0.05) is 54.5 Å². The number of carbonyl (C=O) groups is 1. The molecule has 9 rings (SSSR count). The summed E-state index contributed by atoms with van der Waals surface area (Å²) < 4.78 is 24.7. The number of ether oxygens (including phenoxy) is 4. The zero-order chi connectivity index (χ0) is 39.4. The van der Waals surface area contributed by atoms with Crippen molar-refractivity contribution in [2.45, 2.75) is 75.5 Å².